The number of nitrogens with zero attached hydrogens (tertiary/aromatic N) is 2. The molecule has 1 saturated heterocycles. The van der Waals surface area contributed by atoms with Gasteiger partial charge in [-0.15, -0.1) is 12.4 Å². The van der Waals surface area contributed by atoms with Crippen LogP contribution in [0.15, 0.2) is 0 Å². The normalized spacial score (nSPS) is 20.7. The molecule has 0 radical (unpaired) electrons. The van der Waals surface area contributed by atoms with Crippen LogP contribution in [0.4, 0.5) is 0 Å². The van der Waals surface area contributed by atoms with E-state index in [2.05, 4.69) is 0 Å². The third-order valence-electron chi connectivity index (χ3n) is 3.22. The van der Waals surface area contributed by atoms with Gasteiger partial charge in [-0.1, -0.05) is 12.8 Å². The summed E-state index contributed by atoms with van der Waals surface area (Å²) in [5.41, 5.74) is 5.51. The smallest absolute Gasteiger partial charge is 0.282 e. The van der Waals surface area contributed by atoms with Gasteiger partial charge in [0.2, 0.25) is 0 Å². The first-order valence-electron chi connectivity index (χ1n) is 5.93. The van der Waals surface area contributed by atoms with Crippen LogP contribution in [0, 0.1) is 0 Å². The Bertz CT molecular complexity index is 303. The van der Waals surface area contributed by atoms with Gasteiger partial charge in [0.15, 0.2) is 0 Å². The van der Waals surface area contributed by atoms with E-state index >= 15 is 0 Å². The van der Waals surface area contributed by atoms with Gasteiger partial charge in [0, 0.05) is 32.7 Å². The van der Waals surface area contributed by atoms with Crippen molar-refractivity contribution in [3.05, 3.63) is 0 Å². The van der Waals surface area contributed by atoms with Crippen molar-refractivity contribution in [1.29, 1.82) is 0 Å². The van der Waals surface area contributed by atoms with E-state index in [4.69, 9.17) is 5.73 Å². The molecule has 5 nitrogen and oxygen atoms in total. The summed E-state index contributed by atoms with van der Waals surface area (Å²) in [6.07, 6.45) is 4.18. The first kappa shape index (κ1) is 17.1. The Balaban J connectivity index is 0.00000256. The highest BCUT2D eigenvalue weighted by molar-refractivity contribution is 7.86. The third-order valence-corrected chi connectivity index (χ3v) is 5.32. The lowest BCUT2D eigenvalue weighted by atomic mass is 10.2. The summed E-state index contributed by atoms with van der Waals surface area (Å²) < 4.78 is 27.4. The standard InChI is InChI=1S/C10H23N3O2S.ClH/c1-10(9-11)12(2)16(14,15)13-7-5-3-4-6-8-13;/h10H,3-9,11H2,1-2H3;1H. The SMILES string of the molecule is CC(CN)N(C)S(=O)(=O)N1CCCCCC1.Cl. The highest BCUT2D eigenvalue weighted by atomic mass is 35.5. The molecule has 1 unspecified atom stereocenters. The summed E-state index contributed by atoms with van der Waals surface area (Å²) in [4.78, 5) is 0. The first-order valence-corrected chi connectivity index (χ1v) is 7.33. The van der Waals surface area contributed by atoms with Gasteiger partial charge >= 0.3 is 0 Å². The molecular weight excluding hydrogens is 262 g/mol. The highest BCUT2D eigenvalue weighted by Crippen LogP contribution is 2.16. The van der Waals surface area contributed by atoms with Gasteiger partial charge in [-0.05, 0) is 19.8 Å². The molecule has 1 rings (SSSR count). The molecule has 0 aromatic rings. The molecule has 0 aromatic carbocycles. The van der Waals surface area contributed by atoms with Crippen LogP contribution < -0.4 is 5.73 Å². The molecule has 7 heteroatoms. The first-order chi connectivity index (χ1) is 7.50. The van der Waals surface area contributed by atoms with Crippen molar-refractivity contribution in [2.24, 2.45) is 5.73 Å². The molecule has 0 amide bonds. The van der Waals surface area contributed by atoms with Gasteiger partial charge in [-0.25, -0.2) is 0 Å². The van der Waals surface area contributed by atoms with Crippen LogP contribution in [-0.4, -0.2) is 49.8 Å². The second-order valence-electron chi connectivity index (χ2n) is 4.42. The van der Waals surface area contributed by atoms with Crippen LogP contribution >= 0.6 is 12.4 Å². The van der Waals surface area contributed by atoms with Crippen molar-refractivity contribution in [2.75, 3.05) is 26.7 Å². The lowest BCUT2D eigenvalue weighted by Gasteiger charge is -2.29. The molecule has 17 heavy (non-hydrogen) atoms. The van der Waals surface area contributed by atoms with Crippen LogP contribution in [0.25, 0.3) is 0 Å². The zero-order valence-corrected chi connectivity index (χ0v) is 12.3. The zero-order valence-electron chi connectivity index (χ0n) is 10.6. The van der Waals surface area contributed by atoms with Crippen molar-refractivity contribution in [3.8, 4) is 0 Å². The van der Waals surface area contributed by atoms with Crippen molar-refractivity contribution in [1.82, 2.24) is 8.61 Å². The van der Waals surface area contributed by atoms with Crippen molar-refractivity contribution in [2.45, 2.75) is 38.6 Å². The maximum absolute atomic E-state index is 12.2. The monoisotopic (exact) mass is 285 g/mol. The molecule has 0 bridgehead atoms. The summed E-state index contributed by atoms with van der Waals surface area (Å²) in [5, 5.41) is 0. The van der Waals surface area contributed by atoms with E-state index in [0.29, 0.717) is 19.6 Å². The molecule has 1 heterocycles. The molecule has 0 aromatic heterocycles. The van der Waals surface area contributed by atoms with Gasteiger partial charge in [-0.2, -0.15) is 17.0 Å². The van der Waals surface area contributed by atoms with Crippen molar-refractivity contribution < 1.29 is 8.42 Å². The van der Waals surface area contributed by atoms with Crippen molar-refractivity contribution >= 4 is 22.6 Å². The molecule has 0 saturated carbocycles. The predicted octanol–water partition coefficient (Wildman–Crippen LogP) is 0.808. The maximum Gasteiger partial charge on any atom is 0.282 e. The molecule has 1 atom stereocenters. The van der Waals surface area contributed by atoms with E-state index in [-0.39, 0.29) is 18.4 Å². The average molecular weight is 286 g/mol. The largest absolute Gasteiger partial charge is 0.329 e. The van der Waals surface area contributed by atoms with Crippen molar-refractivity contribution in [3.63, 3.8) is 0 Å². The highest BCUT2D eigenvalue weighted by Gasteiger charge is 2.29. The summed E-state index contributed by atoms with van der Waals surface area (Å²) in [6.45, 7) is 3.47. The lowest BCUT2D eigenvalue weighted by molar-refractivity contribution is 0.332. The number of nitrogens with two attached hydrogens (primary N) is 1. The molecule has 104 valence electrons. The molecule has 1 fully saturated rings. The van der Waals surface area contributed by atoms with Gasteiger partial charge in [-0.3, -0.25) is 0 Å². The van der Waals surface area contributed by atoms with E-state index < -0.39 is 10.2 Å². The minimum absolute atomic E-state index is 0. The second-order valence-corrected chi connectivity index (χ2v) is 6.41. The number of hydrogen-bond donors (Lipinski definition) is 1. The van der Waals surface area contributed by atoms with Crippen LogP contribution in [-0.2, 0) is 10.2 Å². The van der Waals surface area contributed by atoms with E-state index in [1.165, 1.54) is 4.31 Å². The summed E-state index contributed by atoms with van der Waals surface area (Å²) in [6, 6.07) is -0.145. The van der Waals surface area contributed by atoms with Crippen LogP contribution in [0.1, 0.15) is 32.6 Å². The predicted molar refractivity (Wildman–Crippen MR) is 72.5 cm³/mol. The van der Waals surface area contributed by atoms with Gasteiger partial charge < -0.3 is 5.73 Å². The number of halogens is 1. The maximum atomic E-state index is 12.2. The van der Waals surface area contributed by atoms with Gasteiger partial charge in [0.1, 0.15) is 0 Å². The Kier molecular flexibility index (Phi) is 7.58. The minimum Gasteiger partial charge on any atom is -0.329 e. The summed E-state index contributed by atoms with van der Waals surface area (Å²) >= 11 is 0. The number of rotatable bonds is 4. The minimum atomic E-state index is -3.31. The Hall–Kier alpha value is 0.120. The Morgan fingerprint density at radius 3 is 2.12 bits per heavy atom. The molecule has 1 aliphatic rings. The molecule has 0 spiro atoms. The van der Waals surface area contributed by atoms with E-state index in [1.807, 2.05) is 6.92 Å². The summed E-state index contributed by atoms with van der Waals surface area (Å²) in [5.74, 6) is 0. The third kappa shape index (κ3) is 4.37. The number of likely N-dealkylation sites (N-methyl/N-ethyl adjacent to an activating group) is 1. The van der Waals surface area contributed by atoms with Crippen LogP contribution in [0.3, 0.4) is 0 Å². The Labute approximate surface area is 111 Å². The lowest BCUT2D eigenvalue weighted by Crippen LogP contribution is -2.48. The van der Waals surface area contributed by atoms with E-state index in [1.54, 1.807) is 11.4 Å². The van der Waals surface area contributed by atoms with Crippen LogP contribution in [0.2, 0.25) is 0 Å². The quantitative estimate of drug-likeness (QED) is 0.831. The van der Waals surface area contributed by atoms with Gasteiger partial charge in [0.05, 0.1) is 0 Å². The fourth-order valence-corrected chi connectivity index (χ4v) is 3.46. The van der Waals surface area contributed by atoms with E-state index in [9.17, 15) is 8.42 Å². The Morgan fingerprint density at radius 1 is 1.24 bits per heavy atom. The molecular formula is C10H24ClN3O2S. The Morgan fingerprint density at radius 2 is 1.71 bits per heavy atom. The average Bonchev–Trinajstić information content (AvgIpc) is 2.55. The molecule has 1 aliphatic heterocycles. The molecule has 2 N–H and O–H groups in total. The fraction of sp³-hybridized carbons (Fsp3) is 1.00. The number of hydrogen-bond acceptors (Lipinski definition) is 3. The fourth-order valence-electron chi connectivity index (χ4n) is 1.83. The second kappa shape index (κ2) is 7.53. The van der Waals surface area contributed by atoms with E-state index in [0.717, 1.165) is 25.7 Å². The zero-order chi connectivity index (χ0) is 12.2. The topological polar surface area (TPSA) is 66.6 Å². The van der Waals surface area contributed by atoms with Gasteiger partial charge in [0.25, 0.3) is 10.2 Å². The molecule has 0 aliphatic carbocycles. The summed E-state index contributed by atoms with van der Waals surface area (Å²) in [7, 11) is -1.70. The van der Waals surface area contributed by atoms with Crippen LogP contribution in [0.5, 0.6) is 0 Å².